The molecule has 0 amide bonds. The first kappa shape index (κ1) is 13.0. The minimum Gasteiger partial charge on any atom is -0.493 e. The molecule has 0 bridgehead atoms. The topological polar surface area (TPSA) is 73.6 Å². The molecule has 0 fully saturated rings. The molecule has 98 valence electrons. The van der Waals surface area contributed by atoms with E-state index in [0.29, 0.717) is 11.1 Å². The van der Waals surface area contributed by atoms with E-state index in [1.165, 1.54) is 20.1 Å². The number of Topliss-reactive ketones (excluding diaryl/α,β-unsaturated/α-hetero) is 2. The molecule has 1 aromatic heterocycles. The predicted molar refractivity (Wildman–Crippen MR) is 68.7 cm³/mol. The van der Waals surface area contributed by atoms with Crippen LogP contribution in [0.15, 0.2) is 33.5 Å². The first-order chi connectivity index (χ1) is 9.02. The summed E-state index contributed by atoms with van der Waals surface area (Å²) >= 11 is 0. The zero-order chi connectivity index (χ0) is 14.0. The van der Waals surface area contributed by atoms with Crippen LogP contribution in [-0.4, -0.2) is 18.7 Å². The lowest BCUT2D eigenvalue weighted by Gasteiger charge is -2.04. The van der Waals surface area contributed by atoms with Crippen LogP contribution in [0, 0.1) is 0 Å². The van der Waals surface area contributed by atoms with Crippen LogP contribution in [0.2, 0.25) is 0 Å². The van der Waals surface area contributed by atoms with Crippen molar-refractivity contribution in [3.05, 3.63) is 40.2 Å². The molecule has 0 aliphatic heterocycles. The Morgan fingerprint density at radius 2 is 2.05 bits per heavy atom. The van der Waals surface area contributed by atoms with Gasteiger partial charge in [-0.05, 0) is 19.1 Å². The molecular weight excluding hydrogens is 248 g/mol. The van der Waals surface area contributed by atoms with Crippen LogP contribution >= 0.6 is 0 Å². The second kappa shape index (κ2) is 5.06. The minimum absolute atomic E-state index is 0.115. The van der Waals surface area contributed by atoms with Crippen molar-refractivity contribution in [3.63, 3.8) is 0 Å². The van der Waals surface area contributed by atoms with Crippen LogP contribution in [-0.2, 0) is 4.79 Å². The monoisotopic (exact) mass is 260 g/mol. The van der Waals surface area contributed by atoms with Gasteiger partial charge in [0.2, 0.25) is 0 Å². The molecule has 0 aliphatic carbocycles. The molecule has 0 saturated carbocycles. The third-order valence-electron chi connectivity index (χ3n) is 2.65. The van der Waals surface area contributed by atoms with Crippen molar-refractivity contribution in [1.82, 2.24) is 0 Å². The molecule has 2 aromatic rings. The lowest BCUT2D eigenvalue weighted by atomic mass is 10.1. The van der Waals surface area contributed by atoms with Crippen molar-refractivity contribution >= 4 is 22.5 Å². The SMILES string of the molecule is COc1cccc2cc(C(=O)CC(C)=O)c(=O)oc12. The number of methoxy groups -OCH3 is 1. The van der Waals surface area contributed by atoms with Crippen molar-refractivity contribution in [3.8, 4) is 5.75 Å². The fraction of sp³-hybridized carbons (Fsp3) is 0.214. The second-order valence-electron chi connectivity index (χ2n) is 4.13. The van der Waals surface area contributed by atoms with E-state index in [1.54, 1.807) is 18.2 Å². The molecule has 0 atom stereocenters. The Morgan fingerprint density at radius 1 is 1.32 bits per heavy atom. The summed E-state index contributed by atoms with van der Waals surface area (Å²) in [5.41, 5.74) is -0.589. The zero-order valence-corrected chi connectivity index (χ0v) is 10.6. The molecule has 0 N–H and O–H groups in total. The van der Waals surface area contributed by atoms with Gasteiger partial charge in [0.15, 0.2) is 17.1 Å². The van der Waals surface area contributed by atoms with E-state index < -0.39 is 11.4 Å². The summed E-state index contributed by atoms with van der Waals surface area (Å²) < 4.78 is 10.2. The third-order valence-corrected chi connectivity index (χ3v) is 2.65. The van der Waals surface area contributed by atoms with Crippen LogP contribution in [0.5, 0.6) is 5.75 Å². The molecule has 1 aromatic carbocycles. The van der Waals surface area contributed by atoms with Crippen LogP contribution < -0.4 is 10.4 Å². The predicted octanol–water partition coefficient (Wildman–Crippen LogP) is 1.96. The van der Waals surface area contributed by atoms with E-state index in [-0.39, 0.29) is 23.4 Å². The normalized spacial score (nSPS) is 10.4. The van der Waals surface area contributed by atoms with Crippen LogP contribution in [0.1, 0.15) is 23.7 Å². The highest BCUT2D eigenvalue weighted by Crippen LogP contribution is 2.24. The van der Waals surface area contributed by atoms with E-state index >= 15 is 0 Å². The molecule has 0 radical (unpaired) electrons. The molecule has 0 aliphatic rings. The molecule has 0 unspecified atom stereocenters. The minimum atomic E-state index is -0.761. The molecular formula is C14H12O5. The Kier molecular flexibility index (Phi) is 3.46. The van der Waals surface area contributed by atoms with Gasteiger partial charge in [-0.15, -0.1) is 0 Å². The number of carbonyl (C=O) groups excluding carboxylic acids is 2. The maximum Gasteiger partial charge on any atom is 0.347 e. The Balaban J connectivity index is 2.60. The van der Waals surface area contributed by atoms with Gasteiger partial charge in [-0.2, -0.15) is 0 Å². The van der Waals surface area contributed by atoms with Gasteiger partial charge in [0.25, 0.3) is 0 Å². The largest absolute Gasteiger partial charge is 0.493 e. The van der Waals surface area contributed by atoms with Gasteiger partial charge in [0, 0.05) is 5.39 Å². The van der Waals surface area contributed by atoms with Gasteiger partial charge in [0.05, 0.1) is 13.5 Å². The molecule has 5 nitrogen and oxygen atoms in total. The molecule has 5 heteroatoms. The fourth-order valence-corrected chi connectivity index (χ4v) is 1.79. The first-order valence-corrected chi connectivity index (χ1v) is 5.66. The van der Waals surface area contributed by atoms with Gasteiger partial charge in [-0.1, -0.05) is 12.1 Å². The average molecular weight is 260 g/mol. The van der Waals surface area contributed by atoms with Crippen molar-refractivity contribution in [1.29, 1.82) is 0 Å². The Labute approximate surface area is 108 Å². The van der Waals surface area contributed by atoms with Gasteiger partial charge in [0.1, 0.15) is 11.3 Å². The quantitative estimate of drug-likeness (QED) is 0.477. The number of hydrogen-bond donors (Lipinski definition) is 0. The molecule has 1 heterocycles. The average Bonchev–Trinajstić information content (AvgIpc) is 2.36. The lowest BCUT2D eigenvalue weighted by Crippen LogP contribution is -2.16. The Morgan fingerprint density at radius 3 is 2.68 bits per heavy atom. The van der Waals surface area contributed by atoms with Gasteiger partial charge >= 0.3 is 5.63 Å². The third kappa shape index (κ3) is 2.54. The summed E-state index contributed by atoms with van der Waals surface area (Å²) in [4.78, 5) is 34.5. The zero-order valence-electron chi connectivity index (χ0n) is 10.6. The van der Waals surface area contributed by atoms with Crippen molar-refractivity contribution in [2.75, 3.05) is 7.11 Å². The molecule has 2 rings (SSSR count). The van der Waals surface area contributed by atoms with Gasteiger partial charge in [-0.3, -0.25) is 9.59 Å². The number of fused-ring (bicyclic) bond motifs is 1. The van der Waals surface area contributed by atoms with Crippen LogP contribution in [0.4, 0.5) is 0 Å². The maximum atomic E-state index is 11.8. The highest BCUT2D eigenvalue weighted by atomic mass is 16.5. The van der Waals surface area contributed by atoms with Crippen molar-refractivity contribution in [2.24, 2.45) is 0 Å². The Bertz CT molecular complexity index is 711. The summed E-state index contributed by atoms with van der Waals surface area (Å²) in [7, 11) is 1.46. The lowest BCUT2D eigenvalue weighted by molar-refractivity contribution is -0.116. The Hall–Kier alpha value is -2.43. The summed E-state index contributed by atoms with van der Waals surface area (Å²) in [6.07, 6.45) is -0.305. The van der Waals surface area contributed by atoms with Crippen molar-refractivity contribution in [2.45, 2.75) is 13.3 Å². The summed E-state index contributed by atoms with van der Waals surface area (Å²) in [6, 6.07) is 6.50. The van der Waals surface area contributed by atoms with Crippen LogP contribution in [0.25, 0.3) is 11.0 Å². The molecule has 0 spiro atoms. The number of para-hydroxylation sites is 1. The standard InChI is InChI=1S/C14H12O5/c1-8(15)6-11(16)10-7-9-4-3-5-12(18-2)13(9)19-14(10)17/h3-5,7H,6H2,1-2H3. The smallest absolute Gasteiger partial charge is 0.347 e. The number of carbonyl (C=O) groups is 2. The van der Waals surface area contributed by atoms with Gasteiger partial charge in [-0.25, -0.2) is 4.79 Å². The number of ether oxygens (including phenoxy) is 1. The number of hydrogen-bond acceptors (Lipinski definition) is 5. The number of rotatable bonds is 4. The van der Waals surface area contributed by atoms with E-state index in [0.717, 1.165) is 0 Å². The van der Waals surface area contributed by atoms with E-state index in [4.69, 9.17) is 9.15 Å². The van der Waals surface area contributed by atoms with E-state index in [9.17, 15) is 14.4 Å². The summed E-state index contributed by atoms with van der Waals surface area (Å²) in [5, 5.41) is 0.575. The fourth-order valence-electron chi connectivity index (χ4n) is 1.79. The van der Waals surface area contributed by atoms with Crippen molar-refractivity contribution < 1.29 is 18.7 Å². The van der Waals surface area contributed by atoms with Gasteiger partial charge < -0.3 is 9.15 Å². The van der Waals surface area contributed by atoms with E-state index in [1.807, 2.05) is 0 Å². The summed E-state index contributed by atoms with van der Waals surface area (Å²) in [5.74, 6) is -0.415. The van der Waals surface area contributed by atoms with Crippen LogP contribution in [0.3, 0.4) is 0 Å². The molecule has 0 saturated heterocycles. The maximum absolute atomic E-state index is 11.8. The summed E-state index contributed by atoms with van der Waals surface area (Å²) in [6.45, 7) is 1.30. The highest BCUT2D eigenvalue weighted by Gasteiger charge is 2.16. The van der Waals surface area contributed by atoms with E-state index in [2.05, 4.69) is 0 Å². The first-order valence-electron chi connectivity index (χ1n) is 5.66. The second-order valence-corrected chi connectivity index (χ2v) is 4.13. The number of benzene rings is 1. The molecule has 19 heavy (non-hydrogen) atoms. The highest BCUT2D eigenvalue weighted by molar-refractivity contribution is 6.08. The number of ketones is 2.